The fourth-order valence-electron chi connectivity index (χ4n) is 1.81. The van der Waals surface area contributed by atoms with Crippen LogP contribution < -0.4 is 10.6 Å². The highest BCUT2D eigenvalue weighted by Crippen LogP contribution is 2.17. The van der Waals surface area contributed by atoms with Crippen LogP contribution in [-0.2, 0) is 0 Å². The molecule has 1 atom stereocenters. The van der Waals surface area contributed by atoms with Crippen LogP contribution in [0.5, 0.6) is 0 Å². The Balaban J connectivity index is 2.33. The smallest absolute Gasteiger partial charge is 0.315 e. The molecule has 0 spiro atoms. The van der Waals surface area contributed by atoms with Crippen molar-refractivity contribution in [3.05, 3.63) is 0 Å². The number of hydrogen-bond acceptors (Lipinski definition) is 2. The first kappa shape index (κ1) is 12.3. The molecule has 0 radical (unpaired) electrons. The van der Waals surface area contributed by atoms with Gasteiger partial charge >= 0.3 is 6.03 Å². The van der Waals surface area contributed by atoms with E-state index in [0.29, 0.717) is 6.04 Å². The molecule has 1 saturated carbocycles. The summed E-state index contributed by atoms with van der Waals surface area (Å²) in [4.78, 5) is 11.6. The van der Waals surface area contributed by atoms with E-state index in [1.807, 2.05) is 13.8 Å². The third-order valence-corrected chi connectivity index (χ3v) is 3.24. The summed E-state index contributed by atoms with van der Waals surface area (Å²) in [5.74, 6) is 0. The predicted molar refractivity (Wildman–Crippen MR) is 59.7 cm³/mol. The zero-order valence-electron chi connectivity index (χ0n) is 9.68. The first-order valence-electron chi connectivity index (χ1n) is 5.79. The summed E-state index contributed by atoms with van der Waals surface area (Å²) in [6.45, 7) is 3.77. The maximum absolute atomic E-state index is 11.6. The van der Waals surface area contributed by atoms with E-state index >= 15 is 0 Å². The minimum Gasteiger partial charge on any atom is -0.394 e. The molecule has 0 heterocycles. The number of hydrogen-bond donors (Lipinski definition) is 3. The van der Waals surface area contributed by atoms with Crippen molar-refractivity contribution in [2.75, 3.05) is 6.61 Å². The van der Waals surface area contributed by atoms with E-state index < -0.39 is 5.54 Å². The summed E-state index contributed by atoms with van der Waals surface area (Å²) in [6.07, 6.45) is 5.29. The summed E-state index contributed by atoms with van der Waals surface area (Å²) in [5, 5.41) is 14.9. The fourth-order valence-corrected chi connectivity index (χ4v) is 1.81. The molecule has 1 unspecified atom stereocenters. The molecule has 1 fully saturated rings. The quantitative estimate of drug-likeness (QED) is 0.662. The van der Waals surface area contributed by atoms with E-state index in [2.05, 4.69) is 10.6 Å². The number of carbonyl (C=O) groups excluding carboxylic acids is 1. The van der Waals surface area contributed by atoms with Gasteiger partial charge in [0.15, 0.2) is 0 Å². The van der Waals surface area contributed by atoms with Crippen LogP contribution in [0.4, 0.5) is 4.79 Å². The summed E-state index contributed by atoms with van der Waals surface area (Å²) in [6, 6.07) is 0.171. The molecule has 15 heavy (non-hydrogen) atoms. The molecule has 2 amide bonds. The van der Waals surface area contributed by atoms with Crippen molar-refractivity contribution < 1.29 is 9.90 Å². The molecule has 0 aromatic rings. The second kappa shape index (κ2) is 5.35. The molecule has 3 N–H and O–H groups in total. The van der Waals surface area contributed by atoms with Crippen LogP contribution in [0.2, 0.25) is 0 Å². The molecule has 1 rings (SSSR count). The highest BCUT2D eigenvalue weighted by Gasteiger charge is 2.25. The van der Waals surface area contributed by atoms with Gasteiger partial charge in [-0.15, -0.1) is 0 Å². The molecule has 0 bridgehead atoms. The van der Waals surface area contributed by atoms with E-state index in [0.717, 1.165) is 19.3 Å². The van der Waals surface area contributed by atoms with Gasteiger partial charge in [-0.1, -0.05) is 19.8 Å². The molecular weight excluding hydrogens is 192 g/mol. The lowest BCUT2D eigenvalue weighted by Gasteiger charge is -2.28. The Morgan fingerprint density at radius 3 is 2.53 bits per heavy atom. The highest BCUT2D eigenvalue weighted by atomic mass is 16.3. The number of aliphatic hydroxyl groups is 1. The van der Waals surface area contributed by atoms with Crippen LogP contribution in [0.25, 0.3) is 0 Å². The number of carbonyl (C=O) groups is 1. The normalized spacial score (nSPS) is 21.0. The van der Waals surface area contributed by atoms with E-state index in [-0.39, 0.29) is 12.6 Å². The zero-order valence-corrected chi connectivity index (χ0v) is 9.68. The van der Waals surface area contributed by atoms with Gasteiger partial charge in [-0.3, -0.25) is 0 Å². The van der Waals surface area contributed by atoms with Crippen molar-refractivity contribution >= 4 is 6.03 Å². The lowest BCUT2D eigenvalue weighted by molar-refractivity contribution is 0.166. The van der Waals surface area contributed by atoms with Crippen LogP contribution >= 0.6 is 0 Å². The molecular formula is C11H22N2O2. The van der Waals surface area contributed by atoms with Gasteiger partial charge in [0.25, 0.3) is 0 Å². The second-order valence-electron chi connectivity index (χ2n) is 4.65. The highest BCUT2D eigenvalue weighted by molar-refractivity contribution is 5.75. The molecule has 4 heteroatoms. The van der Waals surface area contributed by atoms with Crippen LogP contribution in [-0.4, -0.2) is 29.3 Å². The van der Waals surface area contributed by atoms with Gasteiger partial charge in [0.2, 0.25) is 0 Å². The van der Waals surface area contributed by atoms with Crippen molar-refractivity contribution in [2.24, 2.45) is 0 Å². The Morgan fingerprint density at radius 2 is 2.07 bits per heavy atom. The van der Waals surface area contributed by atoms with Crippen LogP contribution in [0, 0.1) is 0 Å². The predicted octanol–water partition coefficient (Wildman–Crippen LogP) is 1.39. The average Bonchev–Trinajstić information content (AvgIpc) is 2.70. The Labute approximate surface area is 91.4 Å². The van der Waals surface area contributed by atoms with Gasteiger partial charge < -0.3 is 15.7 Å². The van der Waals surface area contributed by atoms with Gasteiger partial charge in [-0.05, 0) is 26.2 Å². The van der Waals surface area contributed by atoms with Gasteiger partial charge in [0, 0.05) is 6.04 Å². The summed E-state index contributed by atoms with van der Waals surface area (Å²) < 4.78 is 0. The minimum atomic E-state index is -0.497. The number of rotatable bonds is 4. The Morgan fingerprint density at radius 1 is 1.47 bits per heavy atom. The number of nitrogens with one attached hydrogen (secondary N) is 2. The Bertz CT molecular complexity index is 209. The topological polar surface area (TPSA) is 61.4 Å². The maximum Gasteiger partial charge on any atom is 0.315 e. The molecule has 0 aromatic carbocycles. The van der Waals surface area contributed by atoms with Crippen molar-refractivity contribution in [1.82, 2.24) is 10.6 Å². The second-order valence-corrected chi connectivity index (χ2v) is 4.65. The van der Waals surface area contributed by atoms with Gasteiger partial charge in [-0.2, -0.15) is 0 Å². The monoisotopic (exact) mass is 214 g/mol. The van der Waals surface area contributed by atoms with Crippen LogP contribution in [0.1, 0.15) is 46.0 Å². The minimum absolute atomic E-state index is 0.0262. The summed E-state index contributed by atoms with van der Waals surface area (Å²) >= 11 is 0. The molecule has 1 aliphatic carbocycles. The average molecular weight is 214 g/mol. The summed E-state index contributed by atoms with van der Waals surface area (Å²) in [5.41, 5.74) is -0.497. The Hall–Kier alpha value is -0.770. The molecule has 0 aliphatic heterocycles. The van der Waals surface area contributed by atoms with Gasteiger partial charge in [0.05, 0.1) is 12.1 Å². The molecule has 88 valence electrons. The first-order valence-corrected chi connectivity index (χ1v) is 5.79. The van der Waals surface area contributed by atoms with E-state index in [1.54, 1.807) is 0 Å². The molecule has 4 nitrogen and oxygen atoms in total. The van der Waals surface area contributed by atoms with Crippen molar-refractivity contribution in [3.63, 3.8) is 0 Å². The van der Waals surface area contributed by atoms with Crippen LogP contribution in [0.15, 0.2) is 0 Å². The van der Waals surface area contributed by atoms with Gasteiger partial charge in [-0.25, -0.2) is 4.79 Å². The maximum atomic E-state index is 11.6. The Kier molecular flexibility index (Phi) is 4.39. The standard InChI is InChI=1S/C11H22N2O2/c1-3-11(2,8-14)13-10(15)12-9-6-4-5-7-9/h9,14H,3-8H2,1-2H3,(H2,12,13,15). The molecule has 0 saturated heterocycles. The number of urea groups is 1. The van der Waals surface area contributed by atoms with E-state index in [9.17, 15) is 4.79 Å². The summed E-state index contributed by atoms with van der Waals surface area (Å²) in [7, 11) is 0. The van der Waals surface area contributed by atoms with Crippen molar-refractivity contribution in [3.8, 4) is 0 Å². The third kappa shape index (κ3) is 3.70. The third-order valence-electron chi connectivity index (χ3n) is 3.24. The SMILES string of the molecule is CCC(C)(CO)NC(=O)NC1CCCC1. The van der Waals surface area contributed by atoms with E-state index in [1.165, 1.54) is 12.8 Å². The molecule has 0 aromatic heterocycles. The van der Waals surface area contributed by atoms with Crippen molar-refractivity contribution in [2.45, 2.75) is 57.5 Å². The van der Waals surface area contributed by atoms with E-state index in [4.69, 9.17) is 5.11 Å². The van der Waals surface area contributed by atoms with Crippen molar-refractivity contribution in [1.29, 1.82) is 0 Å². The lowest BCUT2D eigenvalue weighted by atomic mass is 10.0. The largest absolute Gasteiger partial charge is 0.394 e. The number of aliphatic hydroxyl groups excluding tert-OH is 1. The fraction of sp³-hybridized carbons (Fsp3) is 0.909. The van der Waals surface area contributed by atoms with Gasteiger partial charge in [0.1, 0.15) is 0 Å². The lowest BCUT2D eigenvalue weighted by Crippen LogP contribution is -2.53. The van der Waals surface area contributed by atoms with Crippen LogP contribution in [0.3, 0.4) is 0 Å². The molecule has 1 aliphatic rings. The number of amides is 2. The first-order chi connectivity index (χ1) is 7.09. The zero-order chi connectivity index (χ0) is 11.3.